The average molecular weight is 258 g/mol. The van der Waals surface area contributed by atoms with E-state index in [4.69, 9.17) is 5.73 Å². The van der Waals surface area contributed by atoms with Crippen molar-refractivity contribution in [1.82, 2.24) is 14.1 Å². The number of aromatic nitrogens is 2. The monoisotopic (exact) mass is 258 g/mol. The van der Waals surface area contributed by atoms with E-state index in [1.165, 1.54) is 21.4 Å². The minimum Gasteiger partial charge on any atom is -0.327 e. The van der Waals surface area contributed by atoms with Gasteiger partial charge in [-0.3, -0.25) is 4.68 Å². The second kappa shape index (κ2) is 4.40. The Kier molecular flexibility index (Phi) is 3.24. The third-order valence-corrected chi connectivity index (χ3v) is 5.07. The summed E-state index contributed by atoms with van der Waals surface area (Å²) in [5.41, 5.74) is 5.89. The lowest BCUT2D eigenvalue weighted by atomic mass is 9.96. The number of nitrogens with zero attached hydrogens (tertiary/aromatic N) is 3. The number of hydrogen-bond donors (Lipinski definition) is 1. The summed E-state index contributed by atoms with van der Waals surface area (Å²) in [6.07, 6.45) is 3.61. The minimum atomic E-state index is -3.40. The molecule has 17 heavy (non-hydrogen) atoms. The van der Waals surface area contributed by atoms with E-state index in [1.807, 2.05) is 6.92 Å². The number of aryl methyl sites for hydroxylation is 1. The molecule has 2 N–H and O–H groups in total. The first-order chi connectivity index (χ1) is 7.91. The SMILES string of the molecule is CC1CN(S(=O)(=O)c2cnn(C)c2)CCC1N. The van der Waals surface area contributed by atoms with Gasteiger partial charge < -0.3 is 5.73 Å². The zero-order chi connectivity index (χ0) is 12.6. The van der Waals surface area contributed by atoms with Gasteiger partial charge in [0.2, 0.25) is 10.0 Å². The lowest BCUT2D eigenvalue weighted by Crippen LogP contribution is -2.47. The van der Waals surface area contributed by atoms with Crippen LogP contribution in [0.15, 0.2) is 17.3 Å². The molecule has 2 heterocycles. The fourth-order valence-corrected chi connectivity index (χ4v) is 3.57. The zero-order valence-electron chi connectivity index (χ0n) is 10.1. The van der Waals surface area contributed by atoms with Crippen molar-refractivity contribution in [1.29, 1.82) is 0 Å². The molecular weight excluding hydrogens is 240 g/mol. The van der Waals surface area contributed by atoms with Crippen molar-refractivity contribution in [3.05, 3.63) is 12.4 Å². The molecule has 0 aliphatic carbocycles. The van der Waals surface area contributed by atoms with Crippen molar-refractivity contribution in [2.24, 2.45) is 18.7 Å². The van der Waals surface area contributed by atoms with Crippen molar-refractivity contribution in [2.75, 3.05) is 13.1 Å². The normalized spacial score (nSPS) is 27.2. The van der Waals surface area contributed by atoms with E-state index in [0.717, 1.165) is 0 Å². The summed E-state index contributed by atoms with van der Waals surface area (Å²) in [5.74, 6) is 0.190. The summed E-state index contributed by atoms with van der Waals surface area (Å²) in [6, 6.07) is 0.0929. The van der Waals surface area contributed by atoms with Gasteiger partial charge in [-0.25, -0.2) is 8.42 Å². The topological polar surface area (TPSA) is 81.2 Å². The van der Waals surface area contributed by atoms with Crippen LogP contribution in [0.2, 0.25) is 0 Å². The van der Waals surface area contributed by atoms with Gasteiger partial charge in [-0.1, -0.05) is 6.92 Å². The van der Waals surface area contributed by atoms with Crippen LogP contribution in [0.25, 0.3) is 0 Å². The van der Waals surface area contributed by atoms with Gasteiger partial charge in [-0.15, -0.1) is 0 Å². The molecule has 0 amide bonds. The molecule has 0 spiro atoms. The van der Waals surface area contributed by atoms with Crippen molar-refractivity contribution < 1.29 is 8.42 Å². The van der Waals surface area contributed by atoms with Crippen LogP contribution in [0.5, 0.6) is 0 Å². The second-order valence-corrected chi connectivity index (χ2v) is 6.58. The largest absolute Gasteiger partial charge is 0.327 e. The number of sulfonamides is 1. The van der Waals surface area contributed by atoms with Gasteiger partial charge in [0.15, 0.2) is 0 Å². The second-order valence-electron chi connectivity index (χ2n) is 4.64. The van der Waals surface area contributed by atoms with E-state index in [1.54, 1.807) is 7.05 Å². The van der Waals surface area contributed by atoms with Crippen molar-refractivity contribution in [2.45, 2.75) is 24.3 Å². The Morgan fingerprint density at radius 3 is 2.76 bits per heavy atom. The molecule has 0 bridgehead atoms. The molecular formula is C10H18N4O2S. The van der Waals surface area contributed by atoms with Crippen LogP contribution >= 0.6 is 0 Å². The molecule has 96 valence electrons. The van der Waals surface area contributed by atoms with Gasteiger partial charge in [0.05, 0.1) is 6.20 Å². The van der Waals surface area contributed by atoms with Crippen LogP contribution in [-0.2, 0) is 17.1 Å². The molecule has 7 heteroatoms. The molecule has 1 fully saturated rings. The van der Waals surface area contributed by atoms with Crippen LogP contribution in [0.3, 0.4) is 0 Å². The van der Waals surface area contributed by atoms with E-state index in [9.17, 15) is 8.42 Å². The molecule has 1 aliphatic rings. The van der Waals surface area contributed by atoms with Crippen LogP contribution < -0.4 is 5.73 Å². The van der Waals surface area contributed by atoms with Gasteiger partial charge in [0.1, 0.15) is 4.90 Å². The Bertz CT molecular complexity index is 496. The first-order valence-corrected chi connectivity index (χ1v) is 7.09. The van der Waals surface area contributed by atoms with Crippen molar-refractivity contribution in [3.8, 4) is 0 Å². The highest BCUT2D eigenvalue weighted by molar-refractivity contribution is 7.89. The number of piperidine rings is 1. The van der Waals surface area contributed by atoms with Gasteiger partial charge in [0, 0.05) is 32.4 Å². The highest BCUT2D eigenvalue weighted by Crippen LogP contribution is 2.22. The van der Waals surface area contributed by atoms with E-state index < -0.39 is 10.0 Å². The minimum absolute atomic E-state index is 0.0929. The molecule has 0 aromatic carbocycles. The maximum Gasteiger partial charge on any atom is 0.246 e. The summed E-state index contributed by atoms with van der Waals surface area (Å²) in [5, 5.41) is 3.90. The molecule has 1 aliphatic heterocycles. The average Bonchev–Trinajstić information content (AvgIpc) is 2.69. The molecule has 1 aromatic rings. The summed E-state index contributed by atoms with van der Waals surface area (Å²) in [6.45, 7) is 2.96. The van der Waals surface area contributed by atoms with E-state index in [-0.39, 0.29) is 16.9 Å². The van der Waals surface area contributed by atoms with Crippen LogP contribution in [-0.4, -0.2) is 41.6 Å². The fourth-order valence-electron chi connectivity index (χ4n) is 2.02. The number of rotatable bonds is 2. The third kappa shape index (κ3) is 2.36. The Balaban J connectivity index is 2.22. The molecule has 1 saturated heterocycles. The molecule has 0 radical (unpaired) electrons. The molecule has 2 unspecified atom stereocenters. The van der Waals surface area contributed by atoms with Crippen LogP contribution in [0, 0.1) is 5.92 Å². The van der Waals surface area contributed by atoms with Crippen molar-refractivity contribution >= 4 is 10.0 Å². The maximum absolute atomic E-state index is 12.3. The Labute approximate surface area is 101 Å². The van der Waals surface area contributed by atoms with Crippen LogP contribution in [0.4, 0.5) is 0 Å². The van der Waals surface area contributed by atoms with Gasteiger partial charge in [-0.2, -0.15) is 9.40 Å². The number of hydrogen-bond acceptors (Lipinski definition) is 4. The van der Waals surface area contributed by atoms with Crippen LogP contribution in [0.1, 0.15) is 13.3 Å². The Morgan fingerprint density at radius 2 is 2.24 bits per heavy atom. The first kappa shape index (κ1) is 12.5. The van der Waals surface area contributed by atoms with Gasteiger partial charge in [0.25, 0.3) is 0 Å². The lowest BCUT2D eigenvalue weighted by molar-refractivity contribution is 0.250. The Morgan fingerprint density at radius 1 is 1.53 bits per heavy atom. The zero-order valence-corrected chi connectivity index (χ0v) is 10.9. The summed E-state index contributed by atoms with van der Waals surface area (Å²) >= 11 is 0. The highest BCUT2D eigenvalue weighted by Gasteiger charge is 2.32. The standard InChI is InChI=1S/C10H18N4O2S/c1-8-6-14(4-3-10(8)11)17(15,16)9-5-12-13(2)7-9/h5,7-8,10H,3-4,6,11H2,1-2H3. The van der Waals surface area contributed by atoms with E-state index in [2.05, 4.69) is 5.10 Å². The third-order valence-electron chi connectivity index (χ3n) is 3.25. The Hall–Kier alpha value is -0.920. The lowest BCUT2D eigenvalue weighted by Gasteiger charge is -2.33. The predicted octanol–water partition coefficient (Wildman–Crippen LogP) is -0.222. The van der Waals surface area contributed by atoms with E-state index >= 15 is 0 Å². The fraction of sp³-hybridized carbons (Fsp3) is 0.700. The molecule has 1 aromatic heterocycles. The summed E-state index contributed by atoms with van der Waals surface area (Å²) < 4.78 is 27.6. The first-order valence-electron chi connectivity index (χ1n) is 5.65. The summed E-state index contributed by atoms with van der Waals surface area (Å²) in [7, 11) is -1.70. The van der Waals surface area contributed by atoms with E-state index in [0.29, 0.717) is 19.5 Å². The summed E-state index contributed by atoms with van der Waals surface area (Å²) in [4.78, 5) is 0.252. The van der Waals surface area contributed by atoms with Crippen molar-refractivity contribution in [3.63, 3.8) is 0 Å². The molecule has 2 rings (SSSR count). The number of nitrogens with two attached hydrogens (primary N) is 1. The van der Waals surface area contributed by atoms with Gasteiger partial charge in [-0.05, 0) is 12.3 Å². The molecule has 6 nitrogen and oxygen atoms in total. The van der Waals surface area contributed by atoms with Gasteiger partial charge >= 0.3 is 0 Å². The highest BCUT2D eigenvalue weighted by atomic mass is 32.2. The maximum atomic E-state index is 12.3. The molecule has 2 atom stereocenters. The smallest absolute Gasteiger partial charge is 0.246 e. The molecule has 0 saturated carbocycles. The predicted molar refractivity (Wildman–Crippen MR) is 63.7 cm³/mol. The quantitative estimate of drug-likeness (QED) is 0.795.